The van der Waals surface area contributed by atoms with E-state index in [1.165, 1.54) is 43.4 Å². The van der Waals surface area contributed by atoms with Crippen molar-refractivity contribution in [3.05, 3.63) is 40.8 Å². The van der Waals surface area contributed by atoms with Gasteiger partial charge in [-0.3, -0.25) is 9.59 Å². The number of hydrogen-bond donors (Lipinski definition) is 2. The molecule has 0 spiro atoms. The monoisotopic (exact) mass is 463 g/mol. The third-order valence-corrected chi connectivity index (χ3v) is 9.02. The zero-order chi connectivity index (χ0) is 23.4. The molecule has 4 aliphatic carbocycles. The number of likely N-dealkylation sites (tertiary alicyclic amines) is 1. The summed E-state index contributed by atoms with van der Waals surface area (Å²) < 4.78 is 1.61. The van der Waals surface area contributed by atoms with Gasteiger partial charge in [0.1, 0.15) is 0 Å². The van der Waals surface area contributed by atoms with Crippen LogP contribution in [0.15, 0.2) is 35.3 Å². The molecule has 0 radical (unpaired) electrons. The molecule has 2 amide bonds. The molecule has 180 valence electrons. The first kappa shape index (κ1) is 21.7. The minimum Gasteiger partial charge on any atom is -0.465 e. The third kappa shape index (κ3) is 3.79. The zero-order valence-electron chi connectivity index (χ0n) is 19.5. The Labute approximate surface area is 199 Å². The predicted octanol–water partition coefficient (Wildman–Crippen LogP) is 4.69. The summed E-state index contributed by atoms with van der Waals surface area (Å²) in [5, 5.41) is 13.8. The highest BCUT2D eigenvalue weighted by Crippen LogP contribution is 2.61. The summed E-state index contributed by atoms with van der Waals surface area (Å²) in [5.41, 5.74) is 0.712. The number of benzene rings is 1. The average Bonchev–Trinajstić information content (AvgIpc) is 3.23. The van der Waals surface area contributed by atoms with Gasteiger partial charge in [0.25, 0.3) is 5.56 Å². The SMILES string of the molecule is O=C(CC12CC3CC(CC(C3)C1)C2)Nc1cccc2c(=O)n(C[C@H]3CCCN3C(=O)O)ccc12. The quantitative estimate of drug-likeness (QED) is 0.673. The summed E-state index contributed by atoms with van der Waals surface area (Å²) in [6.07, 6.45) is 10.6. The van der Waals surface area contributed by atoms with E-state index < -0.39 is 6.09 Å². The standard InChI is InChI=1S/C27H33N3O4/c31-24(15-27-12-17-9-18(13-27)11-19(10-17)14-27)28-23-5-1-4-22-21(23)6-8-29(25(22)32)16-20-3-2-7-30(20)26(33)34/h1,4-6,8,17-20H,2-3,7,9-16H2,(H,28,31)(H,33,34)/t17?,18?,19?,20-,27?/m1/s1. The smallest absolute Gasteiger partial charge is 0.407 e. The molecule has 1 aliphatic heterocycles. The van der Waals surface area contributed by atoms with Crippen molar-refractivity contribution >= 4 is 28.5 Å². The van der Waals surface area contributed by atoms with Gasteiger partial charge in [-0.05, 0) is 92.7 Å². The van der Waals surface area contributed by atoms with Crippen molar-refractivity contribution < 1.29 is 14.7 Å². The van der Waals surface area contributed by atoms with Crippen LogP contribution >= 0.6 is 0 Å². The number of carbonyl (C=O) groups is 2. The molecule has 2 heterocycles. The maximum absolute atomic E-state index is 13.2. The number of hydrogen-bond acceptors (Lipinski definition) is 3. The first-order chi connectivity index (χ1) is 16.4. The number of nitrogens with zero attached hydrogens (tertiary/aromatic N) is 2. The molecule has 5 fully saturated rings. The maximum atomic E-state index is 13.2. The van der Waals surface area contributed by atoms with Crippen molar-refractivity contribution in [2.24, 2.45) is 23.2 Å². The molecule has 1 aromatic heterocycles. The van der Waals surface area contributed by atoms with Crippen LogP contribution in [-0.4, -0.2) is 39.2 Å². The third-order valence-electron chi connectivity index (χ3n) is 9.02. The molecular formula is C27H33N3O4. The molecular weight excluding hydrogens is 430 g/mol. The highest BCUT2D eigenvalue weighted by molar-refractivity contribution is 6.02. The normalized spacial score (nSPS) is 31.8. The Morgan fingerprint density at radius 3 is 2.41 bits per heavy atom. The molecule has 1 saturated heterocycles. The summed E-state index contributed by atoms with van der Waals surface area (Å²) in [6.45, 7) is 0.867. The maximum Gasteiger partial charge on any atom is 0.407 e. The lowest BCUT2D eigenvalue weighted by Crippen LogP contribution is -2.47. The lowest BCUT2D eigenvalue weighted by atomic mass is 9.49. The number of aromatic nitrogens is 1. The van der Waals surface area contributed by atoms with Crippen LogP contribution in [0.25, 0.3) is 10.8 Å². The molecule has 34 heavy (non-hydrogen) atoms. The minimum absolute atomic E-state index is 0.0571. The van der Waals surface area contributed by atoms with Gasteiger partial charge in [-0.15, -0.1) is 0 Å². The summed E-state index contributed by atoms with van der Waals surface area (Å²) in [4.78, 5) is 39.3. The van der Waals surface area contributed by atoms with E-state index in [0.29, 0.717) is 30.6 Å². The number of nitrogens with one attached hydrogen (secondary N) is 1. The fourth-order valence-electron chi connectivity index (χ4n) is 8.12. The van der Waals surface area contributed by atoms with Gasteiger partial charge in [-0.2, -0.15) is 0 Å². The lowest BCUT2D eigenvalue weighted by molar-refractivity contribution is -0.124. The van der Waals surface area contributed by atoms with Crippen LogP contribution in [0.2, 0.25) is 0 Å². The molecule has 4 bridgehead atoms. The molecule has 1 aromatic carbocycles. The number of rotatable bonds is 5. The van der Waals surface area contributed by atoms with Gasteiger partial charge in [0, 0.05) is 42.2 Å². The second-order valence-electron chi connectivity index (χ2n) is 11.5. The Morgan fingerprint density at radius 2 is 1.74 bits per heavy atom. The van der Waals surface area contributed by atoms with Crippen LogP contribution in [0.4, 0.5) is 10.5 Å². The number of carbonyl (C=O) groups excluding carboxylic acids is 1. The van der Waals surface area contributed by atoms with E-state index in [2.05, 4.69) is 5.32 Å². The molecule has 0 unspecified atom stereocenters. The van der Waals surface area contributed by atoms with E-state index in [1.807, 2.05) is 18.2 Å². The van der Waals surface area contributed by atoms with E-state index in [-0.39, 0.29) is 22.9 Å². The van der Waals surface area contributed by atoms with Crippen LogP contribution in [0.3, 0.4) is 0 Å². The highest BCUT2D eigenvalue weighted by atomic mass is 16.4. The van der Waals surface area contributed by atoms with Crippen LogP contribution < -0.4 is 10.9 Å². The van der Waals surface area contributed by atoms with E-state index in [0.717, 1.165) is 36.0 Å². The Balaban J connectivity index is 1.21. The number of carboxylic acid groups (broad SMARTS) is 1. The van der Waals surface area contributed by atoms with Gasteiger partial charge in [0.05, 0.1) is 6.04 Å². The van der Waals surface area contributed by atoms with Crippen molar-refractivity contribution in [1.29, 1.82) is 0 Å². The van der Waals surface area contributed by atoms with Gasteiger partial charge in [0.15, 0.2) is 0 Å². The fraction of sp³-hybridized carbons (Fsp3) is 0.593. The zero-order valence-corrected chi connectivity index (χ0v) is 19.5. The first-order valence-electron chi connectivity index (χ1n) is 12.8. The number of fused-ring (bicyclic) bond motifs is 1. The molecule has 5 aliphatic rings. The van der Waals surface area contributed by atoms with Gasteiger partial charge in [-0.1, -0.05) is 6.07 Å². The molecule has 2 N–H and O–H groups in total. The largest absolute Gasteiger partial charge is 0.465 e. The van der Waals surface area contributed by atoms with Gasteiger partial charge >= 0.3 is 6.09 Å². The Kier molecular flexibility index (Phi) is 5.19. The number of anilines is 1. The summed E-state index contributed by atoms with van der Waals surface area (Å²) >= 11 is 0. The van der Waals surface area contributed by atoms with E-state index in [1.54, 1.807) is 16.8 Å². The predicted molar refractivity (Wildman–Crippen MR) is 130 cm³/mol. The topological polar surface area (TPSA) is 91.6 Å². The Bertz CT molecular complexity index is 1170. The second kappa shape index (κ2) is 8.14. The summed E-state index contributed by atoms with van der Waals surface area (Å²) in [7, 11) is 0. The molecule has 7 rings (SSSR count). The molecule has 1 atom stereocenters. The first-order valence-corrected chi connectivity index (χ1v) is 12.8. The summed E-state index contributed by atoms with van der Waals surface area (Å²) in [5.74, 6) is 2.49. The van der Waals surface area contributed by atoms with Crippen molar-refractivity contribution in [3.8, 4) is 0 Å². The van der Waals surface area contributed by atoms with Crippen LogP contribution in [-0.2, 0) is 11.3 Å². The van der Waals surface area contributed by atoms with E-state index >= 15 is 0 Å². The van der Waals surface area contributed by atoms with Crippen molar-refractivity contribution in [2.45, 2.75) is 70.4 Å². The van der Waals surface area contributed by atoms with Gasteiger partial charge in [0.2, 0.25) is 5.91 Å². The Hall–Kier alpha value is -2.83. The highest BCUT2D eigenvalue weighted by Gasteiger charge is 2.51. The van der Waals surface area contributed by atoms with E-state index in [9.17, 15) is 19.5 Å². The minimum atomic E-state index is -0.930. The van der Waals surface area contributed by atoms with Crippen molar-refractivity contribution in [2.75, 3.05) is 11.9 Å². The van der Waals surface area contributed by atoms with Gasteiger partial charge in [-0.25, -0.2) is 4.79 Å². The van der Waals surface area contributed by atoms with E-state index in [4.69, 9.17) is 0 Å². The second-order valence-corrected chi connectivity index (χ2v) is 11.5. The molecule has 2 aromatic rings. The molecule has 7 heteroatoms. The van der Waals surface area contributed by atoms with Crippen molar-refractivity contribution in [1.82, 2.24) is 9.47 Å². The van der Waals surface area contributed by atoms with Crippen LogP contribution in [0, 0.1) is 23.2 Å². The number of pyridine rings is 1. The van der Waals surface area contributed by atoms with Crippen molar-refractivity contribution in [3.63, 3.8) is 0 Å². The van der Waals surface area contributed by atoms with Gasteiger partial charge < -0.3 is 19.9 Å². The summed E-state index contributed by atoms with van der Waals surface area (Å²) in [6, 6.07) is 7.15. The number of amides is 2. The average molecular weight is 464 g/mol. The lowest BCUT2D eigenvalue weighted by Gasteiger charge is -2.56. The van der Waals surface area contributed by atoms with Crippen LogP contribution in [0.1, 0.15) is 57.8 Å². The molecule has 7 nitrogen and oxygen atoms in total. The Morgan fingerprint density at radius 1 is 1.03 bits per heavy atom. The van der Waals surface area contributed by atoms with Crippen LogP contribution in [0.5, 0.6) is 0 Å². The fourth-order valence-corrected chi connectivity index (χ4v) is 8.12. The molecule has 4 saturated carbocycles.